The molecule has 0 amide bonds. The molecule has 0 saturated heterocycles. The lowest BCUT2D eigenvalue weighted by molar-refractivity contribution is -0.168. The molecule has 164 valence electrons. The summed E-state index contributed by atoms with van der Waals surface area (Å²) in [6, 6.07) is 7.33. The van der Waals surface area contributed by atoms with E-state index in [0.29, 0.717) is 25.2 Å². The van der Waals surface area contributed by atoms with Crippen molar-refractivity contribution in [2.45, 2.75) is 98.3 Å². The molecule has 0 aliphatic heterocycles. The standard InChI is InChI=1S/C25H40O4/c1-5-8-9-10-11-12-13-14-17-20-28-23(26)25(6-2,7-3)24(27)29-22-19-16-15-18-21(22)4/h15-16,18-19H,5-14,17,20H2,1-4H3. The molecule has 0 aliphatic rings. The molecule has 1 aromatic carbocycles. The Labute approximate surface area is 177 Å². The normalized spacial score (nSPS) is 11.3. The Hall–Kier alpha value is -1.84. The van der Waals surface area contributed by atoms with Crippen LogP contribution in [0.2, 0.25) is 0 Å². The van der Waals surface area contributed by atoms with Crippen molar-refractivity contribution < 1.29 is 19.1 Å². The second-order valence-corrected chi connectivity index (χ2v) is 7.91. The van der Waals surface area contributed by atoms with Gasteiger partial charge in [0, 0.05) is 0 Å². The predicted octanol–water partition coefficient (Wildman–Crippen LogP) is 6.78. The maximum Gasteiger partial charge on any atom is 0.328 e. The summed E-state index contributed by atoms with van der Waals surface area (Å²) in [5, 5.41) is 0. The molecular formula is C25H40O4. The number of hydrogen-bond acceptors (Lipinski definition) is 4. The van der Waals surface area contributed by atoms with Gasteiger partial charge < -0.3 is 9.47 Å². The van der Waals surface area contributed by atoms with E-state index in [1.807, 2.05) is 39.0 Å². The van der Waals surface area contributed by atoms with Crippen LogP contribution >= 0.6 is 0 Å². The molecule has 29 heavy (non-hydrogen) atoms. The molecule has 4 nitrogen and oxygen atoms in total. The van der Waals surface area contributed by atoms with Crippen LogP contribution in [0, 0.1) is 12.3 Å². The van der Waals surface area contributed by atoms with E-state index in [-0.39, 0.29) is 0 Å². The van der Waals surface area contributed by atoms with Gasteiger partial charge in [-0.25, -0.2) is 0 Å². The molecule has 1 aromatic rings. The van der Waals surface area contributed by atoms with E-state index in [9.17, 15) is 9.59 Å². The maximum absolute atomic E-state index is 12.8. The number of aryl methyl sites for hydroxylation is 1. The van der Waals surface area contributed by atoms with Crippen molar-refractivity contribution in [2.75, 3.05) is 6.61 Å². The Kier molecular flexibility index (Phi) is 12.3. The van der Waals surface area contributed by atoms with Crippen molar-refractivity contribution in [3.63, 3.8) is 0 Å². The Bertz CT molecular complexity index is 605. The molecule has 0 radical (unpaired) electrons. The van der Waals surface area contributed by atoms with Crippen molar-refractivity contribution in [1.82, 2.24) is 0 Å². The summed E-state index contributed by atoms with van der Waals surface area (Å²) in [5.41, 5.74) is -0.369. The van der Waals surface area contributed by atoms with Gasteiger partial charge in [-0.3, -0.25) is 9.59 Å². The summed E-state index contributed by atoms with van der Waals surface area (Å²) in [4.78, 5) is 25.6. The Balaban J connectivity index is 2.43. The highest BCUT2D eigenvalue weighted by Gasteiger charge is 2.46. The van der Waals surface area contributed by atoms with Crippen LogP contribution in [0.15, 0.2) is 24.3 Å². The van der Waals surface area contributed by atoms with Gasteiger partial charge in [0.15, 0.2) is 5.41 Å². The molecule has 0 atom stereocenters. The zero-order chi connectivity index (χ0) is 21.5. The molecule has 0 N–H and O–H groups in total. The summed E-state index contributed by atoms with van der Waals surface area (Å²) in [6.45, 7) is 8.15. The number of carbonyl (C=O) groups is 2. The predicted molar refractivity (Wildman–Crippen MR) is 118 cm³/mol. The molecule has 0 heterocycles. The minimum Gasteiger partial charge on any atom is -0.465 e. The molecule has 0 spiro atoms. The molecule has 0 unspecified atom stereocenters. The summed E-state index contributed by atoms with van der Waals surface area (Å²) in [5.74, 6) is -0.481. The van der Waals surface area contributed by atoms with Gasteiger partial charge in [-0.15, -0.1) is 0 Å². The second-order valence-electron chi connectivity index (χ2n) is 7.91. The van der Waals surface area contributed by atoms with Crippen LogP contribution in [0.4, 0.5) is 0 Å². The smallest absolute Gasteiger partial charge is 0.328 e. The van der Waals surface area contributed by atoms with E-state index in [0.717, 1.165) is 18.4 Å². The average Bonchev–Trinajstić information content (AvgIpc) is 2.72. The van der Waals surface area contributed by atoms with Gasteiger partial charge in [-0.05, 0) is 37.8 Å². The first-order valence-corrected chi connectivity index (χ1v) is 11.5. The van der Waals surface area contributed by atoms with E-state index in [4.69, 9.17) is 9.47 Å². The van der Waals surface area contributed by atoms with Crippen LogP contribution in [-0.4, -0.2) is 18.5 Å². The second kappa shape index (κ2) is 14.2. The fourth-order valence-corrected chi connectivity index (χ4v) is 3.49. The summed E-state index contributed by atoms with van der Waals surface area (Å²) >= 11 is 0. The highest BCUT2D eigenvalue weighted by atomic mass is 16.6. The monoisotopic (exact) mass is 404 g/mol. The minimum atomic E-state index is -1.23. The Morgan fingerprint density at radius 1 is 0.793 bits per heavy atom. The van der Waals surface area contributed by atoms with Crippen LogP contribution in [0.25, 0.3) is 0 Å². The van der Waals surface area contributed by atoms with Crippen LogP contribution in [0.3, 0.4) is 0 Å². The van der Waals surface area contributed by atoms with Crippen molar-refractivity contribution in [3.05, 3.63) is 29.8 Å². The van der Waals surface area contributed by atoms with Gasteiger partial charge in [0.05, 0.1) is 6.61 Å². The number of para-hydroxylation sites is 1. The van der Waals surface area contributed by atoms with Gasteiger partial charge in [0.2, 0.25) is 0 Å². The quantitative estimate of drug-likeness (QED) is 0.140. The molecule has 0 aliphatic carbocycles. The average molecular weight is 405 g/mol. The van der Waals surface area contributed by atoms with E-state index in [1.165, 1.54) is 44.9 Å². The minimum absolute atomic E-state index is 0.366. The highest BCUT2D eigenvalue weighted by Crippen LogP contribution is 2.31. The molecule has 0 fully saturated rings. The molecule has 0 saturated carbocycles. The Morgan fingerprint density at radius 2 is 1.34 bits per heavy atom. The topological polar surface area (TPSA) is 52.6 Å². The number of ether oxygens (including phenoxy) is 2. The van der Waals surface area contributed by atoms with Crippen LogP contribution < -0.4 is 4.74 Å². The van der Waals surface area contributed by atoms with Gasteiger partial charge >= 0.3 is 11.9 Å². The number of unbranched alkanes of at least 4 members (excludes halogenated alkanes) is 8. The number of carbonyl (C=O) groups excluding carboxylic acids is 2. The van der Waals surface area contributed by atoms with Gasteiger partial charge in [0.25, 0.3) is 0 Å². The van der Waals surface area contributed by atoms with Gasteiger partial charge in [0.1, 0.15) is 5.75 Å². The van der Waals surface area contributed by atoms with Crippen LogP contribution in [0.5, 0.6) is 5.75 Å². The van der Waals surface area contributed by atoms with E-state index in [1.54, 1.807) is 6.07 Å². The maximum atomic E-state index is 12.8. The van der Waals surface area contributed by atoms with Crippen molar-refractivity contribution in [1.29, 1.82) is 0 Å². The zero-order valence-corrected chi connectivity index (χ0v) is 18.9. The first-order valence-electron chi connectivity index (χ1n) is 11.5. The first kappa shape index (κ1) is 25.2. The third kappa shape index (κ3) is 8.20. The Morgan fingerprint density at radius 3 is 1.90 bits per heavy atom. The van der Waals surface area contributed by atoms with E-state index < -0.39 is 17.4 Å². The van der Waals surface area contributed by atoms with Crippen molar-refractivity contribution >= 4 is 11.9 Å². The van der Waals surface area contributed by atoms with E-state index in [2.05, 4.69) is 6.92 Å². The fourth-order valence-electron chi connectivity index (χ4n) is 3.49. The lowest BCUT2D eigenvalue weighted by atomic mass is 9.82. The van der Waals surface area contributed by atoms with Gasteiger partial charge in [-0.1, -0.05) is 90.3 Å². The largest absolute Gasteiger partial charge is 0.465 e. The lowest BCUT2D eigenvalue weighted by Crippen LogP contribution is -2.42. The van der Waals surface area contributed by atoms with Crippen LogP contribution in [-0.2, 0) is 14.3 Å². The number of hydrogen-bond donors (Lipinski definition) is 0. The summed E-state index contributed by atoms with van der Waals surface area (Å²) < 4.78 is 11.1. The first-order chi connectivity index (χ1) is 14.0. The zero-order valence-electron chi connectivity index (χ0n) is 18.9. The number of rotatable bonds is 15. The molecule has 1 rings (SSSR count). The lowest BCUT2D eigenvalue weighted by Gasteiger charge is -2.27. The highest BCUT2D eigenvalue weighted by molar-refractivity contribution is 6.00. The van der Waals surface area contributed by atoms with Crippen LogP contribution in [0.1, 0.15) is 97.0 Å². The van der Waals surface area contributed by atoms with E-state index >= 15 is 0 Å². The summed E-state index contributed by atoms with van der Waals surface area (Å²) in [7, 11) is 0. The number of esters is 2. The number of benzene rings is 1. The third-order valence-corrected chi connectivity index (χ3v) is 5.77. The van der Waals surface area contributed by atoms with Crippen molar-refractivity contribution in [3.8, 4) is 5.75 Å². The molecule has 4 heteroatoms. The molecule has 0 bridgehead atoms. The third-order valence-electron chi connectivity index (χ3n) is 5.77. The molecular weight excluding hydrogens is 364 g/mol. The van der Waals surface area contributed by atoms with Crippen molar-refractivity contribution in [2.24, 2.45) is 5.41 Å². The SMILES string of the molecule is CCCCCCCCCCCOC(=O)C(CC)(CC)C(=O)Oc1ccccc1C. The van der Waals surface area contributed by atoms with Gasteiger partial charge in [-0.2, -0.15) is 0 Å². The summed E-state index contributed by atoms with van der Waals surface area (Å²) in [6.07, 6.45) is 11.6. The molecule has 0 aromatic heterocycles. The fraction of sp³-hybridized carbons (Fsp3) is 0.680.